The number of benzene rings is 2. The maximum Gasteiger partial charge on any atom is 0.342 e. The summed E-state index contributed by atoms with van der Waals surface area (Å²) in [5, 5.41) is 14.3. The molecule has 35 heavy (non-hydrogen) atoms. The summed E-state index contributed by atoms with van der Waals surface area (Å²) >= 11 is 0. The lowest BCUT2D eigenvalue weighted by Crippen LogP contribution is -2.24. The second kappa shape index (κ2) is 10.3. The molecule has 0 saturated carbocycles. The molecule has 0 saturated heterocycles. The van der Waals surface area contributed by atoms with Crippen molar-refractivity contribution in [2.24, 2.45) is 0 Å². The Morgan fingerprint density at radius 3 is 2.69 bits per heavy atom. The van der Waals surface area contributed by atoms with Gasteiger partial charge in [-0.3, -0.25) is 14.8 Å². The third kappa shape index (κ3) is 5.64. The summed E-state index contributed by atoms with van der Waals surface area (Å²) in [6.07, 6.45) is 2.61. The fourth-order valence-corrected chi connectivity index (χ4v) is 3.27. The number of halogens is 1. The van der Waals surface area contributed by atoms with E-state index in [-0.39, 0.29) is 24.0 Å². The van der Waals surface area contributed by atoms with Crippen LogP contribution in [0.2, 0.25) is 0 Å². The number of nitrogens with zero attached hydrogens (tertiary/aromatic N) is 6. The Morgan fingerprint density at radius 1 is 1.14 bits per heavy atom. The number of rotatable bonds is 8. The lowest BCUT2D eigenvalue weighted by Gasteiger charge is -2.14. The molecule has 1 amide bonds. The number of carbonyl (C=O) groups is 1. The smallest absolute Gasteiger partial charge is 0.342 e. The summed E-state index contributed by atoms with van der Waals surface area (Å²) in [4.78, 5) is 21.5. The van der Waals surface area contributed by atoms with E-state index in [0.29, 0.717) is 22.5 Å². The highest BCUT2D eigenvalue weighted by molar-refractivity contribution is 5.96. The van der Waals surface area contributed by atoms with Gasteiger partial charge in [-0.05, 0) is 66.6 Å². The molecule has 1 N–H and O–H groups in total. The highest BCUT2D eigenvalue weighted by Gasteiger charge is 2.18. The van der Waals surface area contributed by atoms with Crippen LogP contribution in [0.4, 0.5) is 4.39 Å². The minimum Gasteiger partial charge on any atom is -0.433 e. The second-order valence-electron chi connectivity index (χ2n) is 7.88. The van der Waals surface area contributed by atoms with E-state index in [4.69, 9.17) is 9.47 Å². The van der Waals surface area contributed by atoms with Crippen molar-refractivity contribution in [1.82, 2.24) is 35.5 Å². The normalized spacial score (nSPS) is 11.8. The predicted molar refractivity (Wildman–Crippen MR) is 124 cm³/mol. The first kappa shape index (κ1) is 23.9. The molecule has 2 aromatic heterocycles. The molecule has 1 atom stereocenters. The van der Waals surface area contributed by atoms with Gasteiger partial charge in [0.25, 0.3) is 5.91 Å². The number of methoxy groups -OCH3 is 1. The maximum absolute atomic E-state index is 14.8. The van der Waals surface area contributed by atoms with Crippen molar-refractivity contribution in [3.63, 3.8) is 0 Å². The largest absolute Gasteiger partial charge is 0.433 e. The van der Waals surface area contributed by atoms with Crippen molar-refractivity contribution in [1.29, 1.82) is 0 Å². The number of carbonyl (C=O) groups excluding carboxylic acids is 1. The van der Waals surface area contributed by atoms with Crippen LogP contribution in [0.3, 0.4) is 0 Å². The van der Waals surface area contributed by atoms with E-state index in [0.717, 1.165) is 11.3 Å². The molecule has 4 aromatic rings. The summed E-state index contributed by atoms with van der Waals surface area (Å²) in [6, 6.07) is 9.83. The second-order valence-corrected chi connectivity index (χ2v) is 7.88. The number of nitrogens with one attached hydrogen (secondary N) is 1. The van der Waals surface area contributed by atoms with Gasteiger partial charge in [0.2, 0.25) is 0 Å². The highest BCUT2D eigenvalue weighted by atomic mass is 19.1. The average Bonchev–Trinajstić information content (AvgIpc) is 3.31. The van der Waals surface area contributed by atoms with Gasteiger partial charge in [-0.15, -0.1) is 0 Å². The van der Waals surface area contributed by atoms with Crippen LogP contribution in [-0.2, 0) is 11.3 Å². The van der Waals surface area contributed by atoms with Gasteiger partial charge in [0.1, 0.15) is 5.82 Å². The summed E-state index contributed by atoms with van der Waals surface area (Å²) in [5.41, 5.74) is 3.65. The van der Waals surface area contributed by atoms with Gasteiger partial charge >= 0.3 is 6.01 Å². The van der Waals surface area contributed by atoms with Crippen LogP contribution >= 0.6 is 0 Å². The van der Waals surface area contributed by atoms with Crippen LogP contribution < -0.4 is 10.1 Å². The SMILES string of the molecule is COC(C)Oc1nnnn1-c1cc(C(=O)NCc2cnc(C)cn2)cc(-c2ccc(C)cc2F)c1. The highest BCUT2D eigenvalue weighted by Crippen LogP contribution is 2.28. The lowest BCUT2D eigenvalue weighted by atomic mass is 10.00. The number of aromatic nitrogens is 6. The van der Waals surface area contributed by atoms with Crippen LogP contribution in [-0.4, -0.2) is 49.5 Å². The van der Waals surface area contributed by atoms with E-state index in [2.05, 4.69) is 30.8 Å². The first-order valence-electron chi connectivity index (χ1n) is 10.8. The van der Waals surface area contributed by atoms with Gasteiger partial charge in [-0.25, -0.2) is 4.39 Å². The Balaban J connectivity index is 1.72. The fourth-order valence-electron chi connectivity index (χ4n) is 3.27. The van der Waals surface area contributed by atoms with Crippen molar-refractivity contribution in [3.8, 4) is 22.8 Å². The first-order valence-corrected chi connectivity index (χ1v) is 10.8. The topological polar surface area (TPSA) is 117 Å². The Labute approximate surface area is 201 Å². The van der Waals surface area contributed by atoms with Crippen molar-refractivity contribution < 1.29 is 18.7 Å². The molecule has 0 spiro atoms. The summed E-state index contributed by atoms with van der Waals surface area (Å²) < 4.78 is 26.9. The summed E-state index contributed by atoms with van der Waals surface area (Å²) in [6.45, 7) is 5.49. The molecule has 0 aliphatic carbocycles. The number of ether oxygens (including phenoxy) is 2. The molecule has 1 unspecified atom stereocenters. The van der Waals surface area contributed by atoms with E-state index >= 15 is 0 Å². The molecule has 2 heterocycles. The fraction of sp³-hybridized carbons (Fsp3) is 0.250. The van der Waals surface area contributed by atoms with Crippen LogP contribution in [0.5, 0.6) is 6.01 Å². The molecule has 0 bridgehead atoms. The van der Waals surface area contributed by atoms with Gasteiger partial charge < -0.3 is 14.8 Å². The average molecular weight is 478 g/mol. The van der Waals surface area contributed by atoms with Crippen molar-refractivity contribution >= 4 is 5.91 Å². The Bertz CT molecular complexity index is 1340. The number of hydrogen-bond acceptors (Lipinski definition) is 8. The Kier molecular flexibility index (Phi) is 7.06. The molecule has 0 fully saturated rings. The van der Waals surface area contributed by atoms with E-state index < -0.39 is 12.1 Å². The summed E-state index contributed by atoms with van der Waals surface area (Å²) in [7, 11) is 1.49. The third-order valence-electron chi connectivity index (χ3n) is 5.17. The summed E-state index contributed by atoms with van der Waals surface area (Å²) in [5.74, 6) is -0.798. The molecule has 180 valence electrons. The van der Waals surface area contributed by atoms with Crippen LogP contribution in [0.25, 0.3) is 16.8 Å². The molecule has 0 aliphatic heterocycles. The van der Waals surface area contributed by atoms with Gasteiger partial charge in [-0.1, -0.05) is 17.2 Å². The van der Waals surface area contributed by atoms with E-state index in [1.165, 1.54) is 17.9 Å². The number of aryl methyl sites for hydroxylation is 2. The zero-order valence-corrected chi connectivity index (χ0v) is 19.7. The molecule has 0 aliphatic rings. The Hall–Kier alpha value is -4.25. The molecule has 10 nitrogen and oxygen atoms in total. The van der Waals surface area contributed by atoms with Crippen molar-refractivity contribution in [3.05, 3.63) is 77.1 Å². The molecule has 4 rings (SSSR count). The van der Waals surface area contributed by atoms with Gasteiger partial charge in [0.15, 0.2) is 6.29 Å². The van der Waals surface area contributed by atoms with Crippen molar-refractivity contribution in [2.45, 2.75) is 33.6 Å². The quantitative estimate of drug-likeness (QED) is 0.385. The number of tetrazole rings is 1. The van der Waals surface area contributed by atoms with Crippen LogP contribution in [0, 0.1) is 19.7 Å². The monoisotopic (exact) mass is 477 g/mol. The van der Waals surface area contributed by atoms with Gasteiger partial charge in [-0.2, -0.15) is 4.68 Å². The molecular weight excluding hydrogens is 453 g/mol. The molecular formula is C24H24FN7O3. The zero-order valence-electron chi connectivity index (χ0n) is 19.7. The third-order valence-corrected chi connectivity index (χ3v) is 5.17. The van der Waals surface area contributed by atoms with E-state index in [1.807, 2.05) is 6.92 Å². The van der Waals surface area contributed by atoms with E-state index in [9.17, 15) is 9.18 Å². The Morgan fingerprint density at radius 2 is 1.97 bits per heavy atom. The minimum absolute atomic E-state index is 0.0576. The van der Waals surface area contributed by atoms with Crippen molar-refractivity contribution in [2.75, 3.05) is 7.11 Å². The number of amides is 1. The zero-order chi connectivity index (χ0) is 24.9. The van der Waals surface area contributed by atoms with E-state index in [1.54, 1.807) is 56.6 Å². The molecule has 2 aromatic carbocycles. The first-order chi connectivity index (χ1) is 16.8. The van der Waals surface area contributed by atoms with Crippen LogP contribution in [0.15, 0.2) is 48.8 Å². The molecule has 0 radical (unpaired) electrons. The standard InChI is InChI=1S/C24H24FN7O3/c1-14-5-6-21(22(25)7-14)17-8-18(23(33)28-13-19-12-26-15(2)11-27-19)10-20(9-17)32-24(29-30-31-32)35-16(3)34-4/h5-12,16H,13H2,1-4H3,(H,28,33). The minimum atomic E-state index is -0.615. The number of hydrogen-bond donors (Lipinski definition) is 1. The van der Waals surface area contributed by atoms with Gasteiger partial charge in [0, 0.05) is 24.4 Å². The maximum atomic E-state index is 14.8. The van der Waals surface area contributed by atoms with Crippen LogP contribution in [0.1, 0.15) is 34.2 Å². The lowest BCUT2D eigenvalue weighted by molar-refractivity contribution is -0.0453. The molecule has 11 heteroatoms. The van der Waals surface area contributed by atoms with Gasteiger partial charge in [0.05, 0.1) is 29.8 Å². The predicted octanol–water partition coefficient (Wildman–Crippen LogP) is 3.18.